The number of hydrogen-bond donors (Lipinski definition) is 2. The molecule has 0 bridgehead atoms. The summed E-state index contributed by atoms with van der Waals surface area (Å²) in [5, 5.41) is 12.1. The maximum absolute atomic E-state index is 11.7. The van der Waals surface area contributed by atoms with E-state index >= 15 is 0 Å². The third-order valence-electron chi connectivity index (χ3n) is 4.07. The molecule has 1 saturated carbocycles. The van der Waals surface area contributed by atoms with Gasteiger partial charge in [-0.25, -0.2) is 0 Å². The minimum Gasteiger partial charge on any atom is -0.374 e. The molecule has 0 saturated heterocycles. The fourth-order valence-corrected chi connectivity index (χ4v) is 3.37. The molecule has 4 nitrogen and oxygen atoms in total. The van der Waals surface area contributed by atoms with Crippen molar-refractivity contribution < 1.29 is 4.79 Å². The number of nitrogens with zero attached hydrogens (tertiary/aromatic N) is 1. The lowest BCUT2D eigenvalue weighted by molar-refractivity contribution is -0.119. The summed E-state index contributed by atoms with van der Waals surface area (Å²) in [6, 6.07) is 7.09. The molecule has 0 radical (unpaired) electrons. The van der Waals surface area contributed by atoms with Gasteiger partial charge < -0.3 is 11.1 Å². The quantitative estimate of drug-likeness (QED) is 0.852. The van der Waals surface area contributed by atoms with Gasteiger partial charge in [0.1, 0.15) is 12.1 Å². The number of carbonyl (C=O) groups is 1. The van der Waals surface area contributed by atoms with Crippen molar-refractivity contribution in [3.05, 3.63) is 28.2 Å². The zero-order valence-corrected chi connectivity index (χ0v) is 13.5. The molecule has 2 rings (SSSR count). The minimum absolute atomic E-state index is 0.318. The van der Waals surface area contributed by atoms with E-state index in [4.69, 9.17) is 11.0 Å². The second kappa shape index (κ2) is 7.46. The van der Waals surface area contributed by atoms with Crippen LogP contribution in [0, 0.1) is 17.2 Å². The van der Waals surface area contributed by atoms with E-state index in [0.29, 0.717) is 11.5 Å². The Hall–Kier alpha value is -1.54. The Kier molecular flexibility index (Phi) is 5.63. The van der Waals surface area contributed by atoms with Crippen LogP contribution in [0.4, 0.5) is 5.69 Å². The lowest BCUT2D eigenvalue weighted by Crippen LogP contribution is -2.37. The van der Waals surface area contributed by atoms with Gasteiger partial charge in [-0.3, -0.25) is 4.79 Å². The largest absolute Gasteiger partial charge is 0.374 e. The van der Waals surface area contributed by atoms with E-state index in [1.807, 2.05) is 6.07 Å². The number of hydrogen-bond acceptors (Lipinski definition) is 3. The highest BCUT2D eigenvalue weighted by Crippen LogP contribution is 2.29. The second-order valence-electron chi connectivity index (χ2n) is 5.65. The molecule has 0 aliphatic heterocycles. The molecule has 112 valence electrons. The van der Waals surface area contributed by atoms with E-state index in [-0.39, 0.29) is 11.9 Å². The van der Waals surface area contributed by atoms with Gasteiger partial charge in [0, 0.05) is 10.2 Å². The van der Waals surface area contributed by atoms with Gasteiger partial charge in [-0.1, -0.05) is 32.1 Å². The molecule has 1 aliphatic carbocycles. The highest BCUT2D eigenvalue weighted by molar-refractivity contribution is 9.10. The third kappa shape index (κ3) is 4.47. The maximum atomic E-state index is 11.7. The number of carbonyl (C=O) groups excluding carboxylic acids is 1. The highest BCUT2D eigenvalue weighted by Gasteiger charge is 2.22. The molecule has 0 heterocycles. The Bertz CT molecular complexity index is 547. The summed E-state index contributed by atoms with van der Waals surface area (Å²) in [5.74, 6) is 0.256. The smallest absolute Gasteiger partial charge is 0.239 e. The Labute approximate surface area is 133 Å². The summed E-state index contributed by atoms with van der Waals surface area (Å²) < 4.78 is 0.718. The summed E-state index contributed by atoms with van der Waals surface area (Å²) in [5.41, 5.74) is 6.91. The van der Waals surface area contributed by atoms with Gasteiger partial charge >= 0.3 is 0 Å². The summed E-state index contributed by atoms with van der Waals surface area (Å²) in [4.78, 5) is 11.7. The molecule has 5 heteroatoms. The van der Waals surface area contributed by atoms with Crippen molar-refractivity contribution in [3.63, 3.8) is 0 Å². The van der Waals surface area contributed by atoms with Crippen molar-refractivity contribution in [3.8, 4) is 6.07 Å². The van der Waals surface area contributed by atoms with Crippen molar-refractivity contribution in [2.24, 2.45) is 11.7 Å². The van der Waals surface area contributed by atoms with Gasteiger partial charge in [0.2, 0.25) is 5.91 Å². The van der Waals surface area contributed by atoms with Gasteiger partial charge in [-0.2, -0.15) is 5.26 Å². The van der Waals surface area contributed by atoms with Gasteiger partial charge in [0.05, 0.1) is 5.56 Å². The number of benzene rings is 1. The maximum Gasteiger partial charge on any atom is 0.239 e. The van der Waals surface area contributed by atoms with Crippen LogP contribution in [0.3, 0.4) is 0 Å². The van der Waals surface area contributed by atoms with Gasteiger partial charge in [0.15, 0.2) is 0 Å². The highest BCUT2D eigenvalue weighted by atomic mass is 79.9. The summed E-state index contributed by atoms with van der Waals surface area (Å²) in [6.07, 6.45) is 6.95. The number of nitrogens with one attached hydrogen (secondary N) is 1. The zero-order chi connectivity index (χ0) is 15.2. The molecular formula is C16H20BrN3O. The van der Waals surface area contributed by atoms with Crippen molar-refractivity contribution in [1.29, 1.82) is 5.26 Å². The first-order valence-electron chi connectivity index (χ1n) is 7.35. The molecular weight excluding hydrogens is 330 g/mol. The van der Waals surface area contributed by atoms with Crippen LogP contribution in [-0.4, -0.2) is 11.9 Å². The fourth-order valence-electron chi connectivity index (χ4n) is 2.90. The van der Waals surface area contributed by atoms with E-state index in [1.54, 1.807) is 12.1 Å². The van der Waals surface area contributed by atoms with E-state index in [0.717, 1.165) is 16.6 Å². The predicted molar refractivity (Wildman–Crippen MR) is 86.7 cm³/mol. The number of anilines is 1. The first-order chi connectivity index (χ1) is 10.1. The average molecular weight is 350 g/mol. The van der Waals surface area contributed by atoms with Crippen molar-refractivity contribution in [2.75, 3.05) is 5.32 Å². The molecule has 0 aromatic heterocycles. The fraction of sp³-hybridized carbons (Fsp3) is 0.500. The molecule has 1 fully saturated rings. The first kappa shape index (κ1) is 15.8. The molecule has 0 spiro atoms. The van der Waals surface area contributed by atoms with Crippen LogP contribution >= 0.6 is 15.9 Å². The van der Waals surface area contributed by atoms with Gasteiger partial charge in [-0.15, -0.1) is 0 Å². The SMILES string of the molecule is N#Cc1ccc(NC(CC2CCCCC2)C(N)=O)cc1Br. The predicted octanol–water partition coefficient (Wildman–Crippen LogP) is 3.56. The normalized spacial score (nSPS) is 17.0. The molecule has 1 aromatic rings. The van der Waals surface area contributed by atoms with Crippen molar-refractivity contribution in [2.45, 2.75) is 44.6 Å². The van der Waals surface area contributed by atoms with Crippen LogP contribution in [0.1, 0.15) is 44.1 Å². The monoisotopic (exact) mass is 349 g/mol. The van der Waals surface area contributed by atoms with Crippen LogP contribution in [0.2, 0.25) is 0 Å². The number of halogens is 1. The lowest BCUT2D eigenvalue weighted by atomic mass is 9.84. The molecule has 1 aromatic carbocycles. The van der Waals surface area contributed by atoms with Crippen LogP contribution in [-0.2, 0) is 4.79 Å². The third-order valence-corrected chi connectivity index (χ3v) is 4.72. The van der Waals surface area contributed by atoms with E-state index in [9.17, 15) is 4.79 Å². The average Bonchev–Trinajstić information content (AvgIpc) is 2.48. The van der Waals surface area contributed by atoms with Gasteiger partial charge in [-0.05, 0) is 46.5 Å². The standard InChI is InChI=1S/C16H20BrN3O/c17-14-9-13(7-6-12(14)10-18)20-15(16(19)21)8-11-4-2-1-3-5-11/h6-7,9,11,15,20H,1-5,8H2,(H2,19,21). The number of rotatable bonds is 5. The van der Waals surface area contributed by atoms with Crippen molar-refractivity contribution >= 4 is 27.5 Å². The van der Waals surface area contributed by atoms with Crippen LogP contribution in [0.5, 0.6) is 0 Å². The Morgan fingerprint density at radius 1 is 1.43 bits per heavy atom. The van der Waals surface area contributed by atoms with Crippen LogP contribution in [0.15, 0.2) is 22.7 Å². The molecule has 3 N–H and O–H groups in total. The molecule has 1 amide bonds. The van der Waals surface area contributed by atoms with E-state index in [2.05, 4.69) is 27.3 Å². The molecule has 1 aliphatic rings. The summed E-state index contributed by atoms with van der Waals surface area (Å²) in [7, 11) is 0. The van der Waals surface area contributed by atoms with E-state index in [1.165, 1.54) is 32.1 Å². The topological polar surface area (TPSA) is 78.9 Å². The van der Waals surface area contributed by atoms with Gasteiger partial charge in [0.25, 0.3) is 0 Å². The van der Waals surface area contributed by atoms with E-state index < -0.39 is 0 Å². The number of amides is 1. The Morgan fingerprint density at radius 3 is 2.71 bits per heavy atom. The molecule has 1 atom stereocenters. The molecule has 21 heavy (non-hydrogen) atoms. The number of nitrogens with two attached hydrogens (primary N) is 1. The Morgan fingerprint density at radius 2 is 2.14 bits per heavy atom. The first-order valence-corrected chi connectivity index (χ1v) is 8.15. The summed E-state index contributed by atoms with van der Waals surface area (Å²) in [6.45, 7) is 0. The zero-order valence-electron chi connectivity index (χ0n) is 11.9. The Balaban J connectivity index is 2.03. The lowest BCUT2D eigenvalue weighted by Gasteiger charge is -2.26. The minimum atomic E-state index is -0.354. The van der Waals surface area contributed by atoms with Crippen molar-refractivity contribution in [1.82, 2.24) is 0 Å². The second-order valence-corrected chi connectivity index (χ2v) is 6.50. The van der Waals surface area contributed by atoms with Crippen LogP contribution < -0.4 is 11.1 Å². The number of nitriles is 1. The number of primary amides is 1. The molecule has 1 unspecified atom stereocenters. The summed E-state index contributed by atoms with van der Waals surface area (Å²) >= 11 is 3.35. The van der Waals surface area contributed by atoms with Crippen LogP contribution in [0.25, 0.3) is 0 Å².